The summed E-state index contributed by atoms with van der Waals surface area (Å²) in [6.07, 6.45) is 1.89. The predicted octanol–water partition coefficient (Wildman–Crippen LogP) is 2.59. The molecule has 1 amide bonds. The number of halogens is 1. The molecule has 0 aromatic heterocycles. The molecule has 1 aromatic rings. The van der Waals surface area contributed by atoms with Crippen LogP contribution in [0.4, 0.5) is 5.69 Å². The topological polar surface area (TPSA) is 55.4 Å². The number of amides is 1. The number of ether oxygens (including phenoxy) is 1. The number of carbonyl (C=O) groups excluding carboxylic acids is 2. The lowest BCUT2D eigenvalue weighted by Crippen LogP contribution is -2.35. The van der Waals surface area contributed by atoms with Gasteiger partial charge in [0.1, 0.15) is 6.10 Å². The predicted molar refractivity (Wildman–Crippen MR) is 75.8 cm³/mol. The summed E-state index contributed by atoms with van der Waals surface area (Å²) in [5.74, 6) is -0.0627. The Morgan fingerprint density at radius 1 is 1.25 bits per heavy atom. The molecule has 5 atom stereocenters. The van der Waals surface area contributed by atoms with E-state index in [2.05, 4.69) is 21.2 Å². The first-order chi connectivity index (χ1) is 9.63. The van der Waals surface area contributed by atoms with Gasteiger partial charge in [0.2, 0.25) is 5.91 Å². The summed E-state index contributed by atoms with van der Waals surface area (Å²) in [5.41, 5.74) is 0.767. The first-order valence-corrected chi connectivity index (χ1v) is 7.70. The molecule has 4 rings (SSSR count). The number of rotatable bonds is 2. The summed E-state index contributed by atoms with van der Waals surface area (Å²) >= 11 is 3.36. The molecule has 1 heterocycles. The molecule has 0 unspecified atom stereocenters. The van der Waals surface area contributed by atoms with Crippen molar-refractivity contribution in [3.05, 3.63) is 28.7 Å². The SMILES string of the molecule is O=C(Nc1ccc(Br)cc1)[C@@H]1[C@@H]2C[C@H]3[C@H]1C(=O)O[C@H]3C2. The molecule has 2 bridgehead atoms. The van der Waals surface area contributed by atoms with Gasteiger partial charge < -0.3 is 10.1 Å². The van der Waals surface area contributed by atoms with E-state index in [4.69, 9.17) is 4.74 Å². The molecule has 1 aliphatic heterocycles. The second kappa shape index (κ2) is 4.32. The van der Waals surface area contributed by atoms with Crippen molar-refractivity contribution in [3.8, 4) is 0 Å². The third kappa shape index (κ3) is 1.72. The maximum atomic E-state index is 12.5. The van der Waals surface area contributed by atoms with Crippen LogP contribution in [0.3, 0.4) is 0 Å². The number of carbonyl (C=O) groups is 2. The second-order valence-corrected chi connectivity index (χ2v) is 6.83. The molecule has 2 saturated carbocycles. The number of anilines is 1. The van der Waals surface area contributed by atoms with Crippen molar-refractivity contribution in [2.24, 2.45) is 23.7 Å². The first-order valence-electron chi connectivity index (χ1n) is 6.90. The van der Waals surface area contributed by atoms with Gasteiger partial charge in [0.05, 0.1) is 11.8 Å². The third-order valence-corrected chi connectivity index (χ3v) is 5.43. The van der Waals surface area contributed by atoms with Crippen molar-refractivity contribution >= 4 is 33.5 Å². The van der Waals surface area contributed by atoms with Gasteiger partial charge in [-0.15, -0.1) is 0 Å². The smallest absolute Gasteiger partial charge is 0.310 e. The minimum absolute atomic E-state index is 0.0397. The fraction of sp³-hybridized carbons (Fsp3) is 0.467. The van der Waals surface area contributed by atoms with Crippen LogP contribution in [0.5, 0.6) is 0 Å². The highest BCUT2D eigenvalue weighted by molar-refractivity contribution is 9.10. The van der Waals surface area contributed by atoms with E-state index in [1.807, 2.05) is 24.3 Å². The van der Waals surface area contributed by atoms with E-state index < -0.39 is 0 Å². The molecule has 0 spiro atoms. The zero-order chi connectivity index (χ0) is 13.9. The van der Waals surface area contributed by atoms with Crippen molar-refractivity contribution < 1.29 is 14.3 Å². The van der Waals surface area contributed by atoms with Gasteiger partial charge in [-0.05, 0) is 43.0 Å². The summed E-state index contributed by atoms with van der Waals surface area (Å²) in [7, 11) is 0. The molecule has 5 heteroatoms. The Kier molecular flexibility index (Phi) is 2.67. The molecule has 1 saturated heterocycles. The molecule has 104 valence electrons. The van der Waals surface area contributed by atoms with Gasteiger partial charge in [0.15, 0.2) is 0 Å². The Hall–Kier alpha value is -1.36. The number of hydrogen-bond donors (Lipinski definition) is 1. The molecular weight excluding hydrogens is 322 g/mol. The summed E-state index contributed by atoms with van der Waals surface area (Å²) in [4.78, 5) is 24.4. The Balaban J connectivity index is 1.54. The summed E-state index contributed by atoms with van der Waals surface area (Å²) in [6, 6.07) is 7.47. The molecule has 20 heavy (non-hydrogen) atoms. The molecule has 1 aromatic carbocycles. The fourth-order valence-electron chi connectivity index (χ4n) is 4.12. The Morgan fingerprint density at radius 2 is 2.00 bits per heavy atom. The highest BCUT2D eigenvalue weighted by atomic mass is 79.9. The van der Waals surface area contributed by atoms with Gasteiger partial charge in [0.25, 0.3) is 0 Å². The monoisotopic (exact) mass is 335 g/mol. The summed E-state index contributed by atoms with van der Waals surface area (Å²) < 4.78 is 6.33. The van der Waals surface area contributed by atoms with Crippen LogP contribution >= 0.6 is 15.9 Å². The maximum Gasteiger partial charge on any atom is 0.310 e. The van der Waals surface area contributed by atoms with Crippen LogP contribution in [0.15, 0.2) is 28.7 Å². The first kappa shape index (κ1) is 12.4. The molecule has 1 N–H and O–H groups in total. The number of benzene rings is 1. The van der Waals surface area contributed by atoms with Crippen LogP contribution in [0.2, 0.25) is 0 Å². The van der Waals surface area contributed by atoms with Gasteiger partial charge in [-0.1, -0.05) is 15.9 Å². The molecule has 0 radical (unpaired) electrons. The van der Waals surface area contributed by atoms with Gasteiger partial charge in [-0.3, -0.25) is 9.59 Å². The van der Waals surface area contributed by atoms with Crippen molar-refractivity contribution in [2.45, 2.75) is 18.9 Å². The van der Waals surface area contributed by atoms with Crippen molar-refractivity contribution in [1.29, 1.82) is 0 Å². The van der Waals surface area contributed by atoms with Crippen molar-refractivity contribution in [1.82, 2.24) is 0 Å². The van der Waals surface area contributed by atoms with Crippen LogP contribution in [0.25, 0.3) is 0 Å². The Labute approximate surface area is 125 Å². The van der Waals surface area contributed by atoms with Gasteiger partial charge in [-0.2, -0.15) is 0 Å². The quantitative estimate of drug-likeness (QED) is 0.845. The van der Waals surface area contributed by atoms with Crippen LogP contribution in [-0.4, -0.2) is 18.0 Å². The Bertz CT molecular complexity index is 583. The fourth-order valence-corrected chi connectivity index (χ4v) is 4.39. The lowest BCUT2D eigenvalue weighted by atomic mass is 9.79. The third-order valence-electron chi connectivity index (χ3n) is 4.90. The highest BCUT2D eigenvalue weighted by Gasteiger charge is 2.63. The van der Waals surface area contributed by atoms with E-state index >= 15 is 0 Å². The van der Waals surface area contributed by atoms with E-state index in [0.717, 1.165) is 23.0 Å². The van der Waals surface area contributed by atoms with Crippen LogP contribution in [0.1, 0.15) is 12.8 Å². The molecule has 2 aliphatic carbocycles. The summed E-state index contributed by atoms with van der Waals surface area (Å²) in [5, 5.41) is 2.93. The number of hydrogen-bond acceptors (Lipinski definition) is 3. The molecule has 3 aliphatic rings. The number of fused-ring (bicyclic) bond motifs is 1. The van der Waals surface area contributed by atoms with Gasteiger partial charge in [0, 0.05) is 16.1 Å². The van der Waals surface area contributed by atoms with Gasteiger partial charge in [-0.25, -0.2) is 0 Å². The second-order valence-electron chi connectivity index (χ2n) is 5.92. The van der Waals surface area contributed by atoms with E-state index in [1.165, 1.54) is 0 Å². The number of esters is 1. The maximum absolute atomic E-state index is 12.5. The minimum Gasteiger partial charge on any atom is -0.462 e. The zero-order valence-electron chi connectivity index (χ0n) is 10.7. The van der Waals surface area contributed by atoms with E-state index in [-0.39, 0.29) is 35.7 Å². The van der Waals surface area contributed by atoms with Crippen LogP contribution in [-0.2, 0) is 14.3 Å². The summed E-state index contributed by atoms with van der Waals surface area (Å²) in [6.45, 7) is 0. The Morgan fingerprint density at radius 3 is 2.75 bits per heavy atom. The van der Waals surface area contributed by atoms with Crippen LogP contribution < -0.4 is 5.32 Å². The highest BCUT2D eigenvalue weighted by Crippen LogP contribution is 2.57. The average molecular weight is 336 g/mol. The molecule has 3 fully saturated rings. The van der Waals surface area contributed by atoms with Crippen LogP contribution in [0, 0.1) is 23.7 Å². The molecular formula is C15H14BrNO3. The van der Waals surface area contributed by atoms with E-state index in [0.29, 0.717) is 5.92 Å². The standard InChI is InChI=1S/C15H14BrNO3/c16-8-1-3-9(4-2-8)17-14(18)12-7-5-10-11(6-7)20-15(19)13(10)12/h1-4,7,10-13H,5-6H2,(H,17,18)/t7-,10-,11+,12-,13-/m1/s1. The lowest BCUT2D eigenvalue weighted by Gasteiger charge is -2.23. The lowest BCUT2D eigenvalue weighted by molar-refractivity contribution is -0.145. The van der Waals surface area contributed by atoms with E-state index in [1.54, 1.807) is 0 Å². The van der Waals surface area contributed by atoms with Crippen molar-refractivity contribution in [2.75, 3.05) is 5.32 Å². The molecule has 4 nitrogen and oxygen atoms in total. The minimum atomic E-state index is -0.214. The number of nitrogens with one attached hydrogen (secondary N) is 1. The zero-order valence-corrected chi connectivity index (χ0v) is 12.3. The largest absolute Gasteiger partial charge is 0.462 e. The van der Waals surface area contributed by atoms with Gasteiger partial charge >= 0.3 is 5.97 Å². The van der Waals surface area contributed by atoms with E-state index in [9.17, 15) is 9.59 Å². The average Bonchev–Trinajstić information content (AvgIpc) is 3.02. The van der Waals surface area contributed by atoms with Crippen molar-refractivity contribution in [3.63, 3.8) is 0 Å². The normalized spacial score (nSPS) is 37.0.